The first-order chi connectivity index (χ1) is 12.2. The summed E-state index contributed by atoms with van der Waals surface area (Å²) in [5.41, 5.74) is 6.93. The Balaban J connectivity index is 1.68. The zero-order chi connectivity index (χ0) is 17.6. The van der Waals surface area contributed by atoms with E-state index in [-0.39, 0.29) is 18.1 Å². The summed E-state index contributed by atoms with van der Waals surface area (Å²) in [4.78, 5) is 17.4. The molecule has 25 heavy (non-hydrogen) atoms. The van der Waals surface area contributed by atoms with Crippen molar-refractivity contribution < 1.29 is 9.53 Å². The van der Waals surface area contributed by atoms with Gasteiger partial charge in [0.2, 0.25) is 0 Å². The molecule has 1 aromatic carbocycles. The van der Waals surface area contributed by atoms with Gasteiger partial charge in [-0.1, -0.05) is 30.3 Å². The number of nitrogens with zero attached hydrogens (tertiary/aromatic N) is 1. The number of benzene rings is 1. The molecular weight excluding hydrogens is 332 g/mol. The van der Waals surface area contributed by atoms with Gasteiger partial charge in [-0.2, -0.15) is 0 Å². The van der Waals surface area contributed by atoms with Crippen LogP contribution in [0.4, 0.5) is 0 Å². The summed E-state index contributed by atoms with van der Waals surface area (Å²) in [6.07, 6.45) is 2.17. The number of hydrogen-bond acceptors (Lipinski definition) is 4. The van der Waals surface area contributed by atoms with Crippen molar-refractivity contribution >= 4 is 17.2 Å². The molecule has 1 saturated heterocycles. The van der Waals surface area contributed by atoms with Gasteiger partial charge in [0.1, 0.15) is 6.10 Å². The predicted octanol–water partition coefficient (Wildman–Crippen LogP) is 3.13. The molecule has 5 heteroatoms. The molecule has 1 amide bonds. The van der Waals surface area contributed by atoms with E-state index >= 15 is 0 Å². The molecule has 2 heterocycles. The topological polar surface area (TPSA) is 55.6 Å². The van der Waals surface area contributed by atoms with E-state index in [2.05, 4.69) is 31.2 Å². The van der Waals surface area contributed by atoms with Crippen molar-refractivity contribution in [1.82, 2.24) is 4.90 Å². The van der Waals surface area contributed by atoms with Gasteiger partial charge < -0.3 is 15.4 Å². The molecule has 4 nitrogen and oxygen atoms in total. The van der Waals surface area contributed by atoms with Crippen molar-refractivity contribution in [2.75, 3.05) is 13.1 Å². The molecule has 2 atom stereocenters. The van der Waals surface area contributed by atoms with Crippen LogP contribution < -0.4 is 5.73 Å². The van der Waals surface area contributed by atoms with E-state index in [0.717, 1.165) is 19.3 Å². The van der Waals surface area contributed by atoms with Gasteiger partial charge in [0, 0.05) is 22.8 Å². The van der Waals surface area contributed by atoms with Gasteiger partial charge in [-0.25, -0.2) is 0 Å². The highest BCUT2D eigenvalue weighted by Gasteiger charge is 2.32. The first-order valence-corrected chi connectivity index (χ1v) is 9.71. The van der Waals surface area contributed by atoms with Crippen molar-refractivity contribution in [1.29, 1.82) is 0 Å². The molecule has 2 aromatic rings. The minimum Gasteiger partial charge on any atom is -0.364 e. The highest BCUT2D eigenvalue weighted by Crippen LogP contribution is 2.23. The average Bonchev–Trinajstić information content (AvgIpc) is 3.27. The Morgan fingerprint density at radius 3 is 2.68 bits per heavy atom. The minimum atomic E-state index is -0.342. The number of carbonyl (C=O) groups excluding carboxylic acids is 1. The van der Waals surface area contributed by atoms with Crippen LogP contribution in [0.1, 0.15) is 28.2 Å². The zero-order valence-electron chi connectivity index (χ0n) is 14.7. The molecule has 0 spiro atoms. The lowest BCUT2D eigenvalue weighted by Crippen LogP contribution is -2.40. The van der Waals surface area contributed by atoms with Gasteiger partial charge in [0.05, 0.1) is 12.6 Å². The summed E-state index contributed by atoms with van der Waals surface area (Å²) in [6, 6.07) is 14.5. The number of hydrogen-bond donors (Lipinski definition) is 1. The Kier molecular flexibility index (Phi) is 6.24. The van der Waals surface area contributed by atoms with Crippen LogP contribution in [-0.4, -0.2) is 36.1 Å². The fraction of sp³-hybridized carbons (Fsp3) is 0.450. The Bertz CT molecular complexity index is 686. The summed E-state index contributed by atoms with van der Waals surface area (Å²) in [5, 5.41) is 0. The molecule has 0 saturated carbocycles. The summed E-state index contributed by atoms with van der Waals surface area (Å²) >= 11 is 1.75. The van der Waals surface area contributed by atoms with Gasteiger partial charge in [-0.05, 0) is 43.9 Å². The molecule has 1 aliphatic heterocycles. The van der Waals surface area contributed by atoms with Gasteiger partial charge in [-0.3, -0.25) is 4.79 Å². The maximum absolute atomic E-state index is 13.0. The van der Waals surface area contributed by atoms with Crippen LogP contribution in [0, 0.1) is 6.92 Å². The molecule has 1 aromatic heterocycles. The minimum absolute atomic E-state index is 0.0221. The maximum Gasteiger partial charge on any atom is 0.252 e. The third kappa shape index (κ3) is 4.91. The fourth-order valence-electron chi connectivity index (χ4n) is 3.20. The highest BCUT2D eigenvalue weighted by molar-refractivity contribution is 7.11. The number of rotatable bonds is 7. The van der Waals surface area contributed by atoms with Crippen LogP contribution in [-0.2, 0) is 22.5 Å². The molecule has 0 radical (unpaired) electrons. The predicted molar refractivity (Wildman–Crippen MR) is 102 cm³/mol. The van der Waals surface area contributed by atoms with Crippen molar-refractivity contribution in [3.63, 3.8) is 0 Å². The van der Waals surface area contributed by atoms with E-state index < -0.39 is 0 Å². The van der Waals surface area contributed by atoms with Crippen LogP contribution in [0.3, 0.4) is 0 Å². The van der Waals surface area contributed by atoms with E-state index in [4.69, 9.17) is 10.5 Å². The average molecular weight is 359 g/mol. The Hall–Kier alpha value is -1.69. The molecule has 0 aliphatic carbocycles. The van der Waals surface area contributed by atoms with E-state index in [1.807, 2.05) is 23.1 Å². The SMILES string of the molecule is Cc1ccc(CN(CCc2ccccc2)C(=O)[C@@H]2CC[C@H](CN)O2)s1. The van der Waals surface area contributed by atoms with E-state index in [9.17, 15) is 4.79 Å². The van der Waals surface area contributed by atoms with Gasteiger partial charge in [0.25, 0.3) is 5.91 Å². The first-order valence-electron chi connectivity index (χ1n) is 8.89. The second-order valence-electron chi connectivity index (χ2n) is 6.57. The van der Waals surface area contributed by atoms with Gasteiger partial charge >= 0.3 is 0 Å². The summed E-state index contributed by atoms with van der Waals surface area (Å²) in [6.45, 7) is 3.93. The standard InChI is InChI=1S/C20H26N2O2S/c1-15-7-9-18(25-15)14-22(12-11-16-5-3-2-4-6-16)20(23)19-10-8-17(13-21)24-19/h2-7,9,17,19H,8,10-14,21H2,1H3/t17-,19+/m1/s1. The molecule has 134 valence electrons. The zero-order valence-corrected chi connectivity index (χ0v) is 15.5. The van der Waals surface area contributed by atoms with E-state index in [1.165, 1.54) is 15.3 Å². The number of thiophene rings is 1. The Morgan fingerprint density at radius 2 is 2.04 bits per heavy atom. The second-order valence-corrected chi connectivity index (χ2v) is 7.94. The molecule has 1 fully saturated rings. The highest BCUT2D eigenvalue weighted by atomic mass is 32.1. The smallest absolute Gasteiger partial charge is 0.252 e. The Morgan fingerprint density at radius 1 is 1.24 bits per heavy atom. The fourth-order valence-corrected chi connectivity index (χ4v) is 4.10. The van der Waals surface area contributed by atoms with Crippen molar-refractivity contribution in [3.05, 3.63) is 57.8 Å². The third-order valence-electron chi connectivity index (χ3n) is 4.61. The van der Waals surface area contributed by atoms with Crippen molar-refractivity contribution in [3.8, 4) is 0 Å². The van der Waals surface area contributed by atoms with E-state index in [0.29, 0.717) is 19.6 Å². The van der Waals surface area contributed by atoms with Crippen molar-refractivity contribution in [2.24, 2.45) is 5.73 Å². The van der Waals surface area contributed by atoms with Crippen LogP contribution >= 0.6 is 11.3 Å². The maximum atomic E-state index is 13.0. The summed E-state index contributed by atoms with van der Waals surface area (Å²) < 4.78 is 5.84. The van der Waals surface area contributed by atoms with Crippen molar-refractivity contribution in [2.45, 2.75) is 44.9 Å². The number of aryl methyl sites for hydroxylation is 1. The lowest BCUT2D eigenvalue weighted by molar-refractivity contribution is -0.143. The van der Waals surface area contributed by atoms with Gasteiger partial charge in [0.15, 0.2) is 0 Å². The number of carbonyl (C=O) groups is 1. The lowest BCUT2D eigenvalue weighted by atomic mass is 10.1. The van der Waals surface area contributed by atoms with Crippen LogP contribution in [0.25, 0.3) is 0 Å². The lowest BCUT2D eigenvalue weighted by Gasteiger charge is -2.25. The molecule has 0 bridgehead atoms. The monoisotopic (exact) mass is 358 g/mol. The summed E-state index contributed by atoms with van der Waals surface area (Å²) in [7, 11) is 0. The van der Waals surface area contributed by atoms with Crippen LogP contribution in [0.15, 0.2) is 42.5 Å². The first kappa shape index (κ1) is 18.1. The quantitative estimate of drug-likeness (QED) is 0.827. The number of nitrogens with two attached hydrogens (primary N) is 1. The number of amides is 1. The molecule has 3 rings (SSSR count). The molecule has 2 N–H and O–H groups in total. The number of ether oxygens (including phenoxy) is 1. The molecule has 0 unspecified atom stereocenters. The normalized spacial score (nSPS) is 19.9. The van der Waals surface area contributed by atoms with Crippen LogP contribution in [0.2, 0.25) is 0 Å². The summed E-state index contributed by atoms with van der Waals surface area (Å²) in [5.74, 6) is 0.0953. The largest absolute Gasteiger partial charge is 0.364 e. The molecular formula is C20H26N2O2S. The Labute approximate surface area is 153 Å². The van der Waals surface area contributed by atoms with E-state index in [1.54, 1.807) is 11.3 Å². The van der Waals surface area contributed by atoms with Crippen LogP contribution in [0.5, 0.6) is 0 Å². The molecule has 1 aliphatic rings. The second kappa shape index (κ2) is 8.61. The van der Waals surface area contributed by atoms with Gasteiger partial charge in [-0.15, -0.1) is 11.3 Å². The third-order valence-corrected chi connectivity index (χ3v) is 5.60.